The van der Waals surface area contributed by atoms with E-state index in [1.54, 1.807) is 24.3 Å². The van der Waals surface area contributed by atoms with E-state index in [1.165, 1.54) is 12.5 Å². The highest BCUT2D eigenvalue weighted by Gasteiger charge is 2.10. The lowest BCUT2D eigenvalue weighted by atomic mass is 10.1. The Balaban J connectivity index is 1.48. The summed E-state index contributed by atoms with van der Waals surface area (Å²) < 4.78 is 5.37. The van der Waals surface area contributed by atoms with Crippen LogP contribution >= 0.6 is 0 Å². The number of morpholine rings is 1. The highest BCUT2D eigenvalue weighted by Crippen LogP contribution is 2.11. The molecule has 0 radical (unpaired) electrons. The lowest BCUT2D eigenvalue weighted by molar-refractivity contribution is -0.114. The first-order valence-electron chi connectivity index (χ1n) is 9.14. The van der Waals surface area contributed by atoms with Crippen molar-refractivity contribution in [2.75, 3.05) is 31.6 Å². The first-order valence-corrected chi connectivity index (χ1v) is 9.14. The molecular weight excluding hydrogens is 342 g/mol. The molecule has 2 aromatic rings. The average Bonchev–Trinajstić information content (AvgIpc) is 2.68. The molecule has 0 bridgehead atoms. The summed E-state index contributed by atoms with van der Waals surface area (Å²) in [7, 11) is 0. The monoisotopic (exact) mass is 367 g/mol. The highest BCUT2D eigenvalue weighted by atomic mass is 16.5. The van der Waals surface area contributed by atoms with E-state index < -0.39 is 0 Å². The van der Waals surface area contributed by atoms with Gasteiger partial charge in [-0.25, -0.2) is 0 Å². The Labute approximate surface area is 159 Å². The molecule has 0 spiro atoms. The SMILES string of the molecule is CC(=O)Nc1ccc(C(=O)NCc2ccc(CN3CCOCC3)cc2)cc1. The van der Waals surface area contributed by atoms with Crippen molar-refractivity contribution in [3.63, 3.8) is 0 Å². The molecule has 27 heavy (non-hydrogen) atoms. The van der Waals surface area contributed by atoms with Crippen molar-refractivity contribution in [1.82, 2.24) is 10.2 Å². The summed E-state index contributed by atoms with van der Waals surface area (Å²) in [5, 5.41) is 5.61. The van der Waals surface area contributed by atoms with Gasteiger partial charge in [0, 0.05) is 44.4 Å². The van der Waals surface area contributed by atoms with Crippen LogP contribution in [0.3, 0.4) is 0 Å². The van der Waals surface area contributed by atoms with Crippen LogP contribution in [0.2, 0.25) is 0 Å². The minimum Gasteiger partial charge on any atom is -0.379 e. The summed E-state index contributed by atoms with van der Waals surface area (Å²) in [6.07, 6.45) is 0. The highest BCUT2D eigenvalue weighted by molar-refractivity contribution is 5.95. The molecule has 0 atom stereocenters. The summed E-state index contributed by atoms with van der Waals surface area (Å²) in [4.78, 5) is 25.7. The van der Waals surface area contributed by atoms with Gasteiger partial charge in [0.15, 0.2) is 0 Å². The number of anilines is 1. The predicted octanol–water partition coefficient (Wildman–Crippen LogP) is 2.41. The zero-order valence-electron chi connectivity index (χ0n) is 15.5. The molecule has 1 fully saturated rings. The van der Waals surface area contributed by atoms with E-state index in [-0.39, 0.29) is 11.8 Å². The number of rotatable bonds is 6. The maximum atomic E-state index is 12.3. The molecule has 0 aromatic heterocycles. The summed E-state index contributed by atoms with van der Waals surface area (Å²) in [6.45, 7) is 6.40. The number of benzene rings is 2. The van der Waals surface area contributed by atoms with Gasteiger partial charge in [-0.05, 0) is 35.4 Å². The summed E-state index contributed by atoms with van der Waals surface area (Å²) >= 11 is 0. The molecule has 2 aromatic carbocycles. The number of nitrogens with zero attached hydrogens (tertiary/aromatic N) is 1. The lowest BCUT2D eigenvalue weighted by Crippen LogP contribution is -2.35. The van der Waals surface area contributed by atoms with Gasteiger partial charge in [0.05, 0.1) is 13.2 Å². The van der Waals surface area contributed by atoms with Crippen LogP contribution < -0.4 is 10.6 Å². The molecule has 0 unspecified atom stereocenters. The van der Waals surface area contributed by atoms with Gasteiger partial charge >= 0.3 is 0 Å². The molecule has 0 aliphatic carbocycles. The van der Waals surface area contributed by atoms with Crippen molar-refractivity contribution in [3.05, 3.63) is 65.2 Å². The average molecular weight is 367 g/mol. The van der Waals surface area contributed by atoms with E-state index in [1.807, 2.05) is 0 Å². The largest absolute Gasteiger partial charge is 0.379 e. The molecule has 2 amide bonds. The molecule has 1 aliphatic rings. The number of nitrogens with one attached hydrogen (secondary N) is 2. The van der Waals surface area contributed by atoms with Gasteiger partial charge < -0.3 is 15.4 Å². The van der Waals surface area contributed by atoms with Crippen molar-refractivity contribution in [2.45, 2.75) is 20.0 Å². The molecule has 6 heteroatoms. The van der Waals surface area contributed by atoms with Crippen molar-refractivity contribution >= 4 is 17.5 Å². The topological polar surface area (TPSA) is 70.7 Å². The third kappa shape index (κ3) is 5.91. The van der Waals surface area contributed by atoms with Crippen LogP contribution in [0.4, 0.5) is 5.69 Å². The number of amides is 2. The van der Waals surface area contributed by atoms with Crippen LogP contribution in [0.1, 0.15) is 28.4 Å². The number of ether oxygens (including phenoxy) is 1. The molecular formula is C21H25N3O3. The summed E-state index contributed by atoms with van der Waals surface area (Å²) in [6, 6.07) is 15.2. The number of hydrogen-bond donors (Lipinski definition) is 2. The Bertz CT molecular complexity index is 766. The molecule has 1 saturated heterocycles. The smallest absolute Gasteiger partial charge is 0.251 e. The number of carbonyl (C=O) groups is 2. The fourth-order valence-electron chi connectivity index (χ4n) is 2.97. The van der Waals surface area contributed by atoms with Crippen LogP contribution in [-0.2, 0) is 22.6 Å². The van der Waals surface area contributed by atoms with Crippen molar-refractivity contribution < 1.29 is 14.3 Å². The van der Waals surface area contributed by atoms with E-state index in [4.69, 9.17) is 4.74 Å². The van der Waals surface area contributed by atoms with Gasteiger partial charge in [0.1, 0.15) is 0 Å². The fraction of sp³-hybridized carbons (Fsp3) is 0.333. The van der Waals surface area contributed by atoms with E-state index in [2.05, 4.69) is 39.8 Å². The first-order chi connectivity index (χ1) is 13.1. The standard InChI is InChI=1S/C21H25N3O3/c1-16(25)23-20-8-6-19(7-9-20)21(26)22-14-17-2-4-18(5-3-17)15-24-10-12-27-13-11-24/h2-9H,10-15H2,1H3,(H,22,26)(H,23,25). The zero-order valence-corrected chi connectivity index (χ0v) is 15.5. The molecule has 2 N–H and O–H groups in total. The van der Waals surface area contributed by atoms with Crippen LogP contribution in [0.15, 0.2) is 48.5 Å². The minimum atomic E-state index is -0.137. The number of carbonyl (C=O) groups excluding carboxylic acids is 2. The number of hydrogen-bond acceptors (Lipinski definition) is 4. The van der Waals surface area contributed by atoms with Crippen LogP contribution in [-0.4, -0.2) is 43.0 Å². The molecule has 1 aliphatic heterocycles. The van der Waals surface area contributed by atoms with Gasteiger partial charge in [0.2, 0.25) is 5.91 Å². The lowest BCUT2D eigenvalue weighted by Gasteiger charge is -2.26. The second kappa shape index (κ2) is 9.30. The van der Waals surface area contributed by atoms with E-state index in [9.17, 15) is 9.59 Å². The Hall–Kier alpha value is -2.70. The van der Waals surface area contributed by atoms with E-state index >= 15 is 0 Å². The van der Waals surface area contributed by atoms with E-state index in [0.717, 1.165) is 38.4 Å². The molecule has 1 heterocycles. The van der Waals surface area contributed by atoms with Gasteiger partial charge in [0.25, 0.3) is 5.91 Å². The maximum Gasteiger partial charge on any atom is 0.251 e. The maximum absolute atomic E-state index is 12.3. The van der Waals surface area contributed by atoms with Crippen molar-refractivity contribution in [2.24, 2.45) is 0 Å². The zero-order chi connectivity index (χ0) is 19.1. The van der Waals surface area contributed by atoms with Crippen molar-refractivity contribution in [1.29, 1.82) is 0 Å². The minimum absolute atomic E-state index is 0.135. The third-order valence-corrected chi connectivity index (χ3v) is 4.45. The molecule has 0 saturated carbocycles. The normalized spacial score (nSPS) is 14.6. The molecule has 6 nitrogen and oxygen atoms in total. The van der Waals surface area contributed by atoms with Gasteiger partial charge in [-0.3, -0.25) is 14.5 Å². The second-order valence-electron chi connectivity index (χ2n) is 6.65. The van der Waals surface area contributed by atoms with Crippen molar-refractivity contribution in [3.8, 4) is 0 Å². The van der Waals surface area contributed by atoms with Crippen LogP contribution in [0.25, 0.3) is 0 Å². The Morgan fingerprint density at radius 3 is 2.22 bits per heavy atom. The predicted molar refractivity (Wildman–Crippen MR) is 104 cm³/mol. The quantitative estimate of drug-likeness (QED) is 0.823. The Morgan fingerprint density at radius 1 is 0.963 bits per heavy atom. The fourth-order valence-corrected chi connectivity index (χ4v) is 2.97. The summed E-state index contributed by atoms with van der Waals surface area (Å²) in [5.74, 6) is -0.272. The third-order valence-electron chi connectivity index (χ3n) is 4.45. The second-order valence-corrected chi connectivity index (χ2v) is 6.65. The summed E-state index contributed by atoms with van der Waals surface area (Å²) in [5.41, 5.74) is 3.56. The molecule has 142 valence electrons. The van der Waals surface area contributed by atoms with Crippen LogP contribution in [0, 0.1) is 0 Å². The van der Waals surface area contributed by atoms with Crippen LogP contribution in [0.5, 0.6) is 0 Å². The van der Waals surface area contributed by atoms with Gasteiger partial charge in [-0.2, -0.15) is 0 Å². The first kappa shape index (κ1) is 19.1. The van der Waals surface area contributed by atoms with Gasteiger partial charge in [-0.15, -0.1) is 0 Å². The molecule has 3 rings (SSSR count). The Kier molecular flexibility index (Phi) is 6.57. The Morgan fingerprint density at radius 2 is 1.59 bits per heavy atom. The van der Waals surface area contributed by atoms with E-state index in [0.29, 0.717) is 17.8 Å². The van der Waals surface area contributed by atoms with Gasteiger partial charge in [-0.1, -0.05) is 24.3 Å².